The summed E-state index contributed by atoms with van der Waals surface area (Å²) in [6.45, 7) is 6.05. The van der Waals surface area contributed by atoms with Gasteiger partial charge in [0.25, 0.3) is 6.43 Å². The number of aliphatic hydroxyl groups excluding tert-OH is 1. The van der Waals surface area contributed by atoms with Crippen LogP contribution in [0, 0.1) is 18.7 Å². The first-order valence-electron chi connectivity index (χ1n) is 14.3. The Kier molecular flexibility index (Phi) is 8.40. The number of hydrogen-bond acceptors (Lipinski definition) is 6. The van der Waals surface area contributed by atoms with Crippen LogP contribution in [-0.4, -0.2) is 52.2 Å². The molecule has 5 rings (SSSR count). The number of amides is 1. The van der Waals surface area contributed by atoms with Crippen molar-refractivity contribution in [1.82, 2.24) is 14.9 Å². The number of benzene rings is 2. The number of aromatic nitrogens is 2. The molecule has 10 heteroatoms. The fourth-order valence-electron chi connectivity index (χ4n) is 6.33. The lowest BCUT2D eigenvalue weighted by Gasteiger charge is -2.32. The van der Waals surface area contributed by atoms with E-state index in [9.17, 15) is 23.1 Å². The molecular formula is C31H37F3N4O3. The Labute approximate surface area is 238 Å². The number of hydrogen-bond donors (Lipinski definition) is 2. The number of likely N-dealkylation sites (N-methyl/N-ethyl adjacent to an activating group) is 1. The molecule has 0 radical (unpaired) electrons. The molecule has 2 aromatic carbocycles. The van der Waals surface area contributed by atoms with E-state index < -0.39 is 30.0 Å². The SMILES string of the molecule is Cc1nc(N[C@H](C)c2cccc(C(F)F)c2F)c2cc(C3CCC(C(=O)N(C)C[C@H](C)O)CC3)c3c(c2n1)CCO3. The van der Waals surface area contributed by atoms with E-state index in [1.54, 1.807) is 32.7 Å². The number of carbonyl (C=O) groups is 1. The van der Waals surface area contributed by atoms with Gasteiger partial charge in [-0.1, -0.05) is 18.2 Å². The molecule has 1 aliphatic heterocycles. The van der Waals surface area contributed by atoms with Crippen molar-refractivity contribution in [2.75, 3.05) is 25.5 Å². The summed E-state index contributed by atoms with van der Waals surface area (Å²) in [5, 5.41) is 13.7. The van der Waals surface area contributed by atoms with Crippen molar-refractivity contribution in [2.45, 2.75) is 77.4 Å². The summed E-state index contributed by atoms with van der Waals surface area (Å²) in [5.74, 6) is 1.16. The van der Waals surface area contributed by atoms with Crippen molar-refractivity contribution in [1.29, 1.82) is 0 Å². The predicted octanol–water partition coefficient (Wildman–Crippen LogP) is 6.24. The molecule has 2 N–H and O–H groups in total. The topological polar surface area (TPSA) is 87.6 Å². The molecule has 1 aliphatic carbocycles. The number of aryl methyl sites for hydroxylation is 1. The van der Waals surface area contributed by atoms with Crippen molar-refractivity contribution in [3.05, 3.63) is 58.2 Å². The lowest BCUT2D eigenvalue weighted by molar-refractivity contribution is -0.136. The quantitative estimate of drug-likeness (QED) is 0.334. The molecule has 1 amide bonds. The number of fused-ring (bicyclic) bond motifs is 3. The van der Waals surface area contributed by atoms with Gasteiger partial charge in [-0.05, 0) is 64.0 Å². The van der Waals surface area contributed by atoms with Gasteiger partial charge in [0.2, 0.25) is 5.91 Å². The van der Waals surface area contributed by atoms with Gasteiger partial charge < -0.3 is 20.1 Å². The highest BCUT2D eigenvalue weighted by Gasteiger charge is 2.33. The molecular weight excluding hydrogens is 533 g/mol. The van der Waals surface area contributed by atoms with Crippen LogP contribution in [0.4, 0.5) is 19.0 Å². The maximum Gasteiger partial charge on any atom is 0.266 e. The molecule has 1 fully saturated rings. The monoisotopic (exact) mass is 570 g/mol. The first kappa shape index (κ1) is 29.1. The number of halogens is 3. The lowest BCUT2D eigenvalue weighted by Crippen LogP contribution is -2.38. The third kappa shape index (κ3) is 5.84. The van der Waals surface area contributed by atoms with E-state index in [-0.39, 0.29) is 23.3 Å². The van der Waals surface area contributed by atoms with Crippen LogP contribution in [0.5, 0.6) is 5.75 Å². The maximum absolute atomic E-state index is 14.9. The Morgan fingerprint density at radius 2 is 1.88 bits per heavy atom. The first-order chi connectivity index (χ1) is 19.5. The van der Waals surface area contributed by atoms with Crippen LogP contribution in [0.1, 0.15) is 86.0 Å². The summed E-state index contributed by atoms with van der Waals surface area (Å²) in [5.41, 5.74) is 2.36. The van der Waals surface area contributed by atoms with E-state index in [2.05, 4.69) is 10.3 Å². The van der Waals surface area contributed by atoms with Gasteiger partial charge in [0, 0.05) is 42.4 Å². The van der Waals surface area contributed by atoms with E-state index >= 15 is 0 Å². The zero-order chi connectivity index (χ0) is 29.4. The minimum Gasteiger partial charge on any atom is -0.493 e. The van der Waals surface area contributed by atoms with Crippen LogP contribution >= 0.6 is 0 Å². The molecule has 7 nitrogen and oxygen atoms in total. The smallest absolute Gasteiger partial charge is 0.266 e. The summed E-state index contributed by atoms with van der Waals surface area (Å²) in [7, 11) is 1.73. The highest BCUT2D eigenvalue weighted by Crippen LogP contribution is 2.46. The Morgan fingerprint density at radius 3 is 2.56 bits per heavy atom. The van der Waals surface area contributed by atoms with Crippen LogP contribution in [0.15, 0.2) is 24.3 Å². The van der Waals surface area contributed by atoms with Crippen LogP contribution < -0.4 is 10.1 Å². The van der Waals surface area contributed by atoms with E-state index in [0.29, 0.717) is 31.2 Å². The number of rotatable bonds is 8. The van der Waals surface area contributed by atoms with Gasteiger partial charge in [-0.15, -0.1) is 0 Å². The number of nitrogens with zero attached hydrogens (tertiary/aromatic N) is 3. The van der Waals surface area contributed by atoms with Gasteiger partial charge >= 0.3 is 0 Å². The Balaban J connectivity index is 1.45. The average molecular weight is 571 g/mol. The van der Waals surface area contributed by atoms with Crippen molar-refractivity contribution < 1.29 is 27.8 Å². The van der Waals surface area contributed by atoms with E-state index in [1.807, 2.05) is 6.07 Å². The Bertz CT molecular complexity index is 1440. The van der Waals surface area contributed by atoms with Gasteiger partial charge in [-0.3, -0.25) is 4.79 Å². The molecule has 0 spiro atoms. The highest BCUT2D eigenvalue weighted by atomic mass is 19.3. The first-order valence-corrected chi connectivity index (χ1v) is 14.3. The van der Waals surface area contributed by atoms with Crippen molar-refractivity contribution >= 4 is 22.6 Å². The van der Waals surface area contributed by atoms with Crippen LogP contribution in [0.2, 0.25) is 0 Å². The lowest BCUT2D eigenvalue weighted by atomic mass is 9.77. The predicted molar refractivity (Wildman–Crippen MR) is 151 cm³/mol. The second-order valence-corrected chi connectivity index (χ2v) is 11.4. The summed E-state index contributed by atoms with van der Waals surface area (Å²) in [4.78, 5) is 23.9. The molecule has 1 aromatic heterocycles. The summed E-state index contributed by atoms with van der Waals surface area (Å²) >= 11 is 0. The van der Waals surface area contributed by atoms with Crippen LogP contribution in [-0.2, 0) is 11.2 Å². The molecule has 1 saturated carbocycles. The number of nitrogens with one attached hydrogen (secondary N) is 1. The molecule has 3 aromatic rings. The van der Waals surface area contributed by atoms with Crippen molar-refractivity contribution in [2.24, 2.45) is 5.92 Å². The van der Waals surface area contributed by atoms with E-state index in [1.165, 1.54) is 12.1 Å². The minimum absolute atomic E-state index is 0.0665. The standard InChI is InChI=1S/C31H37F3N4O3/c1-16(39)15-38(4)31(40)20-10-8-19(9-11-20)24-14-25-27(23-12-13-41-28(23)24)36-18(3)37-30(25)35-17(2)21-6-5-7-22(26(21)32)29(33)34/h5-7,14,16-17,19-20,29,39H,8-13,15H2,1-4H3,(H,35,36,37)/t16-,17+,19?,20?/m0/s1. The fourth-order valence-corrected chi connectivity index (χ4v) is 6.33. The molecule has 0 saturated heterocycles. The number of carbonyl (C=O) groups excluding carboxylic acids is 1. The summed E-state index contributed by atoms with van der Waals surface area (Å²) < 4.78 is 47.8. The minimum atomic E-state index is -2.90. The molecule has 2 aliphatic rings. The van der Waals surface area contributed by atoms with Gasteiger partial charge in [-0.25, -0.2) is 23.1 Å². The van der Waals surface area contributed by atoms with Gasteiger partial charge in [0.05, 0.1) is 29.8 Å². The second-order valence-electron chi connectivity index (χ2n) is 11.4. The Morgan fingerprint density at radius 1 is 1.17 bits per heavy atom. The molecule has 2 atom stereocenters. The van der Waals surface area contributed by atoms with Gasteiger partial charge in [-0.2, -0.15) is 0 Å². The van der Waals surface area contributed by atoms with Gasteiger partial charge in [0.15, 0.2) is 0 Å². The summed E-state index contributed by atoms with van der Waals surface area (Å²) in [6, 6.07) is 5.46. The Hall–Kier alpha value is -3.40. The van der Waals surface area contributed by atoms with Crippen molar-refractivity contribution in [3.63, 3.8) is 0 Å². The van der Waals surface area contributed by atoms with Crippen LogP contribution in [0.3, 0.4) is 0 Å². The number of ether oxygens (including phenoxy) is 1. The molecule has 2 heterocycles. The van der Waals surface area contributed by atoms with Gasteiger partial charge in [0.1, 0.15) is 23.2 Å². The summed E-state index contributed by atoms with van der Waals surface area (Å²) in [6.07, 6.45) is 0.348. The molecule has 0 bridgehead atoms. The zero-order valence-corrected chi connectivity index (χ0v) is 23.9. The molecule has 0 unspecified atom stereocenters. The van der Waals surface area contributed by atoms with E-state index in [0.717, 1.165) is 59.5 Å². The number of anilines is 1. The van der Waals surface area contributed by atoms with Crippen LogP contribution in [0.25, 0.3) is 10.9 Å². The van der Waals surface area contributed by atoms with E-state index in [4.69, 9.17) is 9.72 Å². The molecule has 220 valence electrons. The second kappa shape index (κ2) is 11.8. The third-order valence-electron chi connectivity index (χ3n) is 8.32. The highest BCUT2D eigenvalue weighted by molar-refractivity contribution is 5.94. The zero-order valence-electron chi connectivity index (χ0n) is 23.9. The number of alkyl halides is 2. The maximum atomic E-state index is 14.9. The average Bonchev–Trinajstić information content (AvgIpc) is 3.42. The number of aliphatic hydroxyl groups is 1. The normalized spacial score (nSPS) is 20.0. The van der Waals surface area contributed by atoms with Crippen molar-refractivity contribution in [3.8, 4) is 5.75 Å². The largest absolute Gasteiger partial charge is 0.493 e. The third-order valence-corrected chi connectivity index (χ3v) is 8.32. The molecule has 41 heavy (non-hydrogen) atoms. The fraction of sp³-hybridized carbons (Fsp3) is 0.516.